The van der Waals surface area contributed by atoms with Crippen molar-refractivity contribution >= 4 is 23.1 Å². The highest BCUT2D eigenvalue weighted by atomic mass is 32.1. The van der Waals surface area contributed by atoms with Gasteiger partial charge in [-0.25, -0.2) is 0 Å². The molecule has 3 nitrogen and oxygen atoms in total. The molecule has 1 saturated carbocycles. The maximum atomic E-state index is 11.9. The molecular weight excluding hydrogens is 224 g/mol. The minimum absolute atomic E-state index is 0.227. The van der Waals surface area contributed by atoms with Crippen LogP contribution in [0.15, 0.2) is 12.1 Å². The molecule has 2 rings (SSSR count). The van der Waals surface area contributed by atoms with Gasteiger partial charge >= 0.3 is 5.97 Å². The number of ketones is 1. The van der Waals surface area contributed by atoms with Gasteiger partial charge in [-0.2, -0.15) is 0 Å². The van der Waals surface area contributed by atoms with Gasteiger partial charge < -0.3 is 4.74 Å². The number of rotatable bonds is 4. The Balaban J connectivity index is 2.01. The molecule has 0 N–H and O–H groups in total. The first-order chi connectivity index (χ1) is 7.70. The van der Waals surface area contributed by atoms with E-state index in [2.05, 4.69) is 4.74 Å². The second-order valence-corrected chi connectivity index (χ2v) is 5.18. The Hall–Kier alpha value is -1.16. The summed E-state index contributed by atoms with van der Waals surface area (Å²) < 4.78 is 4.59. The minimum Gasteiger partial charge on any atom is -0.469 e. The minimum atomic E-state index is -0.260. The molecule has 1 aromatic rings. The maximum absolute atomic E-state index is 11.9. The van der Waals surface area contributed by atoms with E-state index in [4.69, 9.17) is 0 Å². The monoisotopic (exact) mass is 238 g/mol. The van der Waals surface area contributed by atoms with Crippen molar-refractivity contribution in [1.29, 1.82) is 0 Å². The lowest BCUT2D eigenvalue weighted by Gasteiger charge is -2.22. The molecule has 1 aliphatic carbocycles. The number of carbonyl (C=O) groups is 2. The largest absolute Gasteiger partial charge is 0.469 e. The molecule has 1 aliphatic rings. The second kappa shape index (κ2) is 4.78. The molecule has 0 bridgehead atoms. The maximum Gasteiger partial charge on any atom is 0.310 e. The zero-order valence-electron chi connectivity index (χ0n) is 9.19. The molecule has 0 saturated heterocycles. The van der Waals surface area contributed by atoms with Crippen LogP contribution in [-0.2, 0) is 16.0 Å². The Morgan fingerprint density at radius 2 is 2.19 bits per heavy atom. The van der Waals surface area contributed by atoms with Crippen LogP contribution >= 0.6 is 11.3 Å². The fourth-order valence-corrected chi connectivity index (χ4v) is 2.70. The Labute approximate surface area is 98.4 Å². The standard InChI is InChI=1S/C12H14O3S/c1-15-11(13)7-9-5-6-10(16-9)12(14)8-3-2-4-8/h5-6,8H,2-4,7H2,1H3. The van der Waals surface area contributed by atoms with Gasteiger partial charge in [-0.15, -0.1) is 11.3 Å². The Kier molecular flexibility index (Phi) is 3.39. The molecule has 86 valence electrons. The van der Waals surface area contributed by atoms with Crippen LogP contribution in [-0.4, -0.2) is 18.9 Å². The first-order valence-electron chi connectivity index (χ1n) is 5.40. The van der Waals surface area contributed by atoms with Gasteiger partial charge in [-0.05, 0) is 25.0 Å². The van der Waals surface area contributed by atoms with Crippen molar-refractivity contribution in [2.45, 2.75) is 25.7 Å². The van der Waals surface area contributed by atoms with Crippen LogP contribution in [0.25, 0.3) is 0 Å². The number of methoxy groups -OCH3 is 1. The van der Waals surface area contributed by atoms with Crippen LogP contribution in [0.5, 0.6) is 0 Å². The van der Waals surface area contributed by atoms with Crippen LogP contribution in [0.4, 0.5) is 0 Å². The number of hydrogen-bond donors (Lipinski definition) is 0. The van der Waals surface area contributed by atoms with E-state index < -0.39 is 0 Å². The lowest BCUT2D eigenvalue weighted by molar-refractivity contribution is -0.139. The van der Waals surface area contributed by atoms with E-state index in [1.807, 2.05) is 12.1 Å². The van der Waals surface area contributed by atoms with Crippen LogP contribution in [0.1, 0.15) is 33.8 Å². The van der Waals surface area contributed by atoms with Crippen LogP contribution < -0.4 is 0 Å². The Morgan fingerprint density at radius 1 is 1.44 bits per heavy atom. The molecule has 0 spiro atoms. The third-order valence-electron chi connectivity index (χ3n) is 2.93. The topological polar surface area (TPSA) is 43.4 Å². The summed E-state index contributed by atoms with van der Waals surface area (Å²) in [4.78, 5) is 24.6. The number of Topliss-reactive ketones (excluding diaryl/α,β-unsaturated/α-hetero) is 1. The van der Waals surface area contributed by atoms with Crippen molar-refractivity contribution in [3.05, 3.63) is 21.9 Å². The van der Waals surface area contributed by atoms with E-state index in [1.165, 1.54) is 18.4 Å². The lowest BCUT2D eigenvalue weighted by atomic mass is 9.82. The molecular formula is C12H14O3S. The third kappa shape index (κ3) is 2.32. The van der Waals surface area contributed by atoms with Crippen LogP contribution in [0.3, 0.4) is 0 Å². The molecule has 0 aromatic carbocycles. The molecule has 0 unspecified atom stereocenters. The summed E-state index contributed by atoms with van der Waals surface area (Å²) in [5.74, 6) is 0.210. The molecule has 0 amide bonds. The first-order valence-corrected chi connectivity index (χ1v) is 6.22. The van der Waals surface area contributed by atoms with Gasteiger partial charge in [-0.3, -0.25) is 9.59 Å². The number of ether oxygens (including phenoxy) is 1. The number of thiophene rings is 1. The van der Waals surface area contributed by atoms with E-state index >= 15 is 0 Å². The number of carbonyl (C=O) groups excluding carboxylic acids is 2. The summed E-state index contributed by atoms with van der Waals surface area (Å²) >= 11 is 1.41. The highest BCUT2D eigenvalue weighted by Gasteiger charge is 2.27. The van der Waals surface area contributed by atoms with Crippen molar-refractivity contribution in [1.82, 2.24) is 0 Å². The Morgan fingerprint density at radius 3 is 2.75 bits per heavy atom. The SMILES string of the molecule is COC(=O)Cc1ccc(C(=O)C2CCC2)s1. The predicted molar refractivity (Wildman–Crippen MR) is 61.7 cm³/mol. The van der Waals surface area contributed by atoms with Gasteiger partial charge in [-0.1, -0.05) is 6.42 Å². The van der Waals surface area contributed by atoms with Gasteiger partial charge in [0.2, 0.25) is 0 Å². The molecule has 0 radical (unpaired) electrons. The fraction of sp³-hybridized carbons (Fsp3) is 0.500. The van der Waals surface area contributed by atoms with Gasteiger partial charge in [0.05, 0.1) is 18.4 Å². The average molecular weight is 238 g/mol. The summed E-state index contributed by atoms with van der Waals surface area (Å²) in [6, 6.07) is 3.66. The van der Waals surface area contributed by atoms with E-state index in [1.54, 1.807) is 0 Å². The predicted octanol–water partition coefficient (Wildman–Crippen LogP) is 2.45. The van der Waals surface area contributed by atoms with Gasteiger partial charge in [0, 0.05) is 10.8 Å². The quantitative estimate of drug-likeness (QED) is 0.597. The van der Waals surface area contributed by atoms with E-state index in [-0.39, 0.29) is 24.1 Å². The normalized spacial score (nSPS) is 15.6. The van der Waals surface area contributed by atoms with Crippen molar-refractivity contribution in [2.24, 2.45) is 5.92 Å². The van der Waals surface area contributed by atoms with E-state index in [0.717, 1.165) is 29.0 Å². The van der Waals surface area contributed by atoms with Crippen molar-refractivity contribution in [3.8, 4) is 0 Å². The van der Waals surface area contributed by atoms with Gasteiger partial charge in [0.1, 0.15) is 0 Å². The summed E-state index contributed by atoms with van der Waals surface area (Å²) in [6.07, 6.45) is 3.46. The second-order valence-electron chi connectivity index (χ2n) is 4.01. The summed E-state index contributed by atoms with van der Waals surface area (Å²) in [6.45, 7) is 0. The first kappa shape index (κ1) is 11.3. The van der Waals surface area contributed by atoms with Crippen molar-refractivity contribution < 1.29 is 14.3 Å². The summed E-state index contributed by atoms with van der Waals surface area (Å²) in [7, 11) is 1.37. The Bertz CT molecular complexity index is 404. The van der Waals surface area contributed by atoms with Crippen LogP contribution in [0.2, 0.25) is 0 Å². The van der Waals surface area contributed by atoms with Crippen molar-refractivity contribution in [3.63, 3.8) is 0 Å². The average Bonchev–Trinajstić information content (AvgIpc) is 2.63. The number of esters is 1. The van der Waals surface area contributed by atoms with Gasteiger partial charge in [0.25, 0.3) is 0 Å². The van der Waals surface area contributed by atoms with Gasteiger partial charge in [0.15, 0.2) is 5.78 Å². The summed E-state index contributed by atoms with van der Waals surface area (Å²) in [5.41, 5.74) is 0. The molecule has 0 atom stereocenters. The molecule has 1 heterocycles. The molecule has 16 heavy (non-hydrogen) atoms. The van der Waals surface area contributed by atoms with E-state index in [0.29, 0.717) is 0 Å². The smallest absolute Gasteiger partial charge is 0.310 e. The lowest BCUT2D eigenvalue weighted by Crippen LogP contribution is -2.20. The highest BCUT2D eigenvalue weighted by molar-refractivity contribution is 7.14. The molecule has 4 heteroatoms. The number of hydrogen-bond acceptors (Lipinski definition) is 4. The van der Waals surface area contributed by atoms with Crippen LogP contribution in [0, 0.1) is 5.92 Å². The van der Waals surface area contributed by atoms with Crippen molar-refractivity contribution in [2.75, 3.05) is 7.11 Å². The molecule has 1 aromatic heterocycles. The molecule has 1 fully saturated rings. The summed E-state index contributed by atoms with van der Waals surface area (Å²) in [5, 5.41) is 0. The zero-order valence-corrected chi connectivity index (χ0v) is 10.0. The van der Waals surface area contributed by atoms with E-state index in [9.17, 15) is 9.59 Å². The fourth-order valence-electron chi connectivity index (χ4n) is 1.69. The zero-order chi connectivity index (χ0) is 11.5. The molecule has 0 aliphatic heterocycles. The third-order valence-corrected chi connectivity index (χ3v) is 4.03. The highest BCUT2D eigenvalue weighted by Crippen LogP contribution is 2.32.